The summed E-state index contributed by atoms with van der Waals surface area (Å²) in [5.41, 5.74) is 9.91. The molecule has 5 nitrogen and oxygen atoms in total. The van der Waals surface area contributed by atoms with Gasteiger partial charge in [-0.15, -0.1) is 0 Å². The molecule has 2 aromatic rings. The van der Waals surface area contributed by atoms with Gasteiger partial charge in [0.2, 0.25) is 11.8 Å². The second-order valence-corrected chi connectivity index (χ2v) is 6.73. The van der Waals surface area contributed by atoms with Crippen molar-refractivity contribution in [3.05, 3.63) is 65.2 Å². The topological polar surface area (TPSA) is 75.4 Å². The molecule has 0 fully saturated rings. The monoisotopic (exact) mass is 353 g/mol. The molecule has 2 amide bonds. The predicted molar refractivity (Wildman–Crippen MR) is 105 cm³/mol. The summed E-state index contributed by atoms with van der Waals surface area (Å²) in [6, 6.07) is 14.9. The second kappa shape index (κ2) is 8.63. The van der Waals surface area contributed by atoms with Crippen LogP contribution in [-0.2, 0) is 9.59 Å². The van der Waals surface area contributed by atoms with Crippen LogP contribution in [0.25, 0.3) is 0 Å². The van der Waals surface area contributed by atoms with Crippen LogP contribution in [-0.4, -0.2) is 30.3 Å². The molecule has 0 aliphatic rings. The number of para-hydroxylation sites is 1. The van der Waals surface area contributed by atoms with Crippen LogP contribution in [0.15, 0.2) is 48.5 Å². The van der Waals surface area contributed by atoms with E-state index in [1.807, 2.05) is 62.4 Å². The van der Waals surface area contributed by atoms with Gasteiger partial charge >= 0.3 is 0 Å². The molecule has 2 unspecified atom stereocenters. The van der Waals surface area contributed by atoms with E-state index in [1.54, 1.807) is 14.0 Å². The Balaban J connectivity index is 1.98. The fourth-order valence-corrected chi connectivity index (χ4v) is 2.95. The lowest BCUT2D eigenvalue weighted by Gasteiger charge is -2.25. The third-order valence-electron chi connectivity index (χ3n) is 4.62. The molecule has 2 aromatic carbocycles. The Morgan fingerprint density at radius 2 is 1.62 bits per heavy atom. The van der Waals surface area contributed by atoms with Crippen molar-refractivity contribution in [1.29, 1.82) is 0 Å². The Labute approximate surface area is 155 Å². The molecule has 0 aromatic heterocycles. The summed E-state index contributed by atoms with van der Waals surface area (Å²) >= 11 is 0. The van der Waals surface area contributed by atoms with Crippen LogP contribution in [0.2, 0.25) is 0 Å². The smallest absolute Gasteiger partial charge is 0.243 e. The number of carbonyl (C=O) groups excluding carboxylic acids is 2. The summed E-state index contributed by atoms with van der Waals surface area (Å²) in [7, 11) is 1.63. The highest BCUT2D eigenvalue weighted by molar-refractivity contribution is 5.96. The number of nitrogens with two attached hydrogens (primary N) is 1. The quantitative estimate of drug-likeness (QED) is 0.838. The van der Waals surface area contributed by atoms with E-state index in [2.05, 4.69) is 5.32 Å². The number of aryl methyl sites for hydroxylation is 2. The number of hydrogen-bond donors (Lipinski definition) is 2. The predicted octanol–water partition coefficient (Wildman–Crippen LogP) is 3.04. The average molecular weight is 353 g/mol. The maximum Gasteiger partial charge on any atom is 0.243 e. The lowest BCUT2D eigenvalue weighted by atomic mass is 9.94. The van der Waals surface area contributed by atoms with Gasteiger partial charge in [0.15, 0.2) is 0 Å². The summed E-state index contributed by atoms with van der Waals surface area (Å²) < 4.78 is 0. The third kappa shape index (κ3) is 4.70. The molecule has 26 heavy (non-hydrogen) atoms. The molecule has 5 heteroatoms. The summed E-state index contributed by atoms with van der Waals surface area (Å²) in [6.45, 7) is 5.66. The molecule has 0 spiro atoms. The van der Waals surface area contributed by atoms with Crippen LogP contribution in [0.4, 0.5) is 5.69 Å². The highest BCUT2D eigenvalue weighted by Gasteiger charge is 2.26. The number of benzene rings is 2. The molecule has 0 heterocycles. The first-order chi connectivity index (χ1) is 12.3. The Morgan fingerprint density at radius 1 is 1.04 bits per heavy atom. The van der Waals surface area contributed by atoms with Crippen molar-refractivity contribution in [2.24, 2.45) is 11.7 Å². The van der Waals surface area contributed by atoms with Gasteiger partial charge in [0, 0.05) is 18.8 Å². The fraction of sp³-hybridized carbons (Fsp3) is 0.333. The number of rotatable bonds is 6. The maximum atomic E-state index is 12.6. The Morgan fingerprint density at radius 3 is 2.19 bits per heavy atom. The minimum Gasteiger partial charge on any atom is -0.336 e. The molecule has 2 rings (SSSR count). The van der Waals surface area contributed by atoms with Crippen molar-refractivity contribution >= 4 is 17.5 Å². The van der Waals surface area contributed by atoms with Crippen LogP contribution < -0.4 is 11.1 Å². The molecular formula is C21H27N3O2. The van der Waals surface area contributed by atoms with Crippen LogP contribution in [0.1, 0.15) is 29.7 Å². The van der Waals surface area contributed by atoms with E-state index >= 15 is 0 Å². The zero-order valence-corrected chi connectivity index (χ0v) is 15.8. The first-order valence-corrected chi connectivity index (χ1v) is 8.72. The molecule has 3 N–H and O–H groups in total. The van der Waals surface area contributed by atoms with Crippen LogP contribution in [0, 0.1) is 19.8 Å². The van der Waals surface area contributed by atoms with Crippen molar-refractivity contribution in [3.8, 4) is 0 Å². The molecule has 0 aliphatic carbocycles. The van der Waals surface area contributed by atoms with E-state index in [1.165, 1.54) is 4.90 Å². The highest BCUT2D eigenvalue weighted by atomic mass is 16.2. The number of nitrogens with zero attached hydrogens (tertiary/aromatic N) is 1. The second-order valence-electron chi connectivity index (χ2n) is 6.73. The number of hydrogen-bond acceptors (Lipinski definition) is 3. The molecule has 0 saturated carbocycles. The van der Waals surface area contributed by atoms with Crippen LogP contribution >= 0.6 is 0 Å². The summed E-state index contributed by atoms with van der Waals surface area (Å²) in [4.78, 5) is 26.4. The Kier molecular flexibility index (Phi) is 6.52. The zero-order chi connectivity index (χ0) is 19.3. The number of amides is 2. The molecule has 138 valence electrons. The lowest BCUT2D eigenvalue weighted by Crippen LogP contribution is -2.41. The van der Waals surface area contributed by atoms with Gasteiger partial charge in [0.1, 0.15) is 0 Å². The van der Waals surface area contributed by atoms with E-state index in [4.69, 9.17) is 5.73 Å². The number of likely N-dealkylation sites (N-methyl/N-ethyl adjacent to an activating group) is 1. The van der Waals surface area contributed by atoms with E-state index in [0.29, 0.717) is 0 Å². The van der Waals surface area contributed by atoms with Crippen molar-refractivity contribution < 1.29 is 9.59 Å². The first-order valence-electron chi connectivity index (χ1n) is 8.72. The molecule has 0 bridgehead atoms. The highest BCUT2D eigenvalue weighted by Crippen LogP contribution is 2.21. The van der Waals surface area contributed by atoms with Crippen LogP contribution in [0.3, 0.4) is 0 Å². The molecule has 2 atom stereocenters. The van der Waals surface area contributed by atoms with Gasteiger partial charge in [-0.3, -0.25) is 9.59 Å². The zero-order valence-electron chi connectivity index (χ0n) is 15.8. The van der Waals surface area contributed by atoms with Crippen molar-refractivity contribution in [2.45, 2.75) is 26.8 Å². The van der Waals surface area contributed by atoms with Gasteiger partial charge in [-0.2, -0.15) is 0 Å². The average Bonchev–Trinajstić information content (AvgIpc) is 2.63. The van der Waals surface area contributed by atoms with E-state index < -0.39 is 12.0 Å². The van der Waals surface area contributed by atoms with E-state index in [0.717, 1.165) is 22.4 Å². The van der Waals surface area contributed by atoms with Gasteiger partial charge < -0.3 is 16.0 Å². The van der Waals surface area contributed by atoms with Gasteiger partial charge in [-0.05, 0) is 30.5 Å². The van der Waals surface area contributed by atoms with Crippen LogP contribution in [0.5, 0.6) is 0 Å². The minimum absolute atomic E-state index is 0.0154. The van der Waals surface area contributed by atoms with Gasteiger partial charge in [0.05, 0.1) is 12.5 Å². The Hall–Kier alpha value is -2.66. The summed E-state index contributed by atoms with van der Waals surface area (Å²) in [5.74, 6) is -0.799. The SMILES string of the molecule is Cc1cccc(C)c1NC(=O)CN(C)C(=O)C(C)C(N)c1ccccc1. The van der Waals surface area contributed by atoms with Crippen molar-refractivity contribution in [1.82, 2.24) is 4.90 Å². The maximum absolute atomic E-state index is 12.6. The number of nitrogens with one attached hydrogen (secondary N) is 1. The van der Waals surface area contributed by atoms with Crippen molar-refractivity contribution in [2.75, 3.05) is 18.9 Å². The standard InChI is InChI=1S/C21H27N3O2/c1-14-9-8-10-15(2)20(14)23-18(25)13-24(4)21(26)16(3)19(22)17-11-6-5-7-12-17/h5-12,16,19H,13,22H2,1-4H3,(H,23,25). The number of anilines is 1. The van der Waals surface area contributed by atoms with Gasteiger partial charge in [0.25, 0.3) is 0 Å². The third-order valence-corrected chi connectivity index (χ3v) is 4.62. The fourth-order valence-electron chi connectivity index (χ4n) is 2.95. The van der Waals surface area contributed by atoms with Crippen molar-refractivity contribution in [3.63, 3.8) is 0 Å². The summed E-state index contributed by atoms with van der Waals surface area (Å²) in [5, 5.41) is 2.90. The largest absolute Gasteiger partial charge is 0.336 e. The van der Waals surface area contributed by atoms with E-state index in [9.17, 15) is 9.59 Å². The molecular weight excluding hydrogens is 326 g/mol. The van der Waals surface area contributed by atoms with Gasteiger partial charge in [-0.25, -0.2) is 0 Å². The minimum atomic E-state index is -0.421. The normalized spacial score (nSPS) is 13.0. The van der Waals surface area contributed by atoms with E-state index in [-0.39, 0.29) is 18.4 Å². The Bertz CT molecular complexity index is 754. The first kappa shape index (κ1) is 19.7. The number of carbonyl (C=O) groups is 2. The molecule has 0 aliphatic heterocycles. The molecule has 0 radical (unpaired) electrons. The van der Waals surface area contributed by atoms with Gasteiger partial charge in [-0.1, -0.05) is 55.5 Å². The molecule has 0 saturated heterocycles. The summed E-state index contributed by atoms with van der Waals surface area (Å²) in [6.07, 6.45) is 0. The lowest BCUT2D eigenvalue weighted by molar-refractivity contribution is -0.137.